The number of carbonyl (C=O) groups is 1. The van der Waals surface area contributed by atoms with E-state index in [4.69, 9.17) is 17.0 Å². The fraction of sp³-hybridized carbons (Fsp3) is 0.217. The third-order valence-electron chi connectivity index (χ3n) is 4.95. The fourth-order valence-corrected chi connectivity index (χ4v) is 5.03. The molecule has 1 aromatic heterocycles. The lowest BCUT2D eigenvalue weighted by Crippen LogP contribution is -2.20. The van der Waals surface area contributed by atoms with Gasteiger partial charge in [-0.3, -0.25) is 0 Å². The van der Waals surface area contributed by atoms with Gasteiger partial charge in [-0.25, -0.2) is 4.79 Å². The topological polar surface area (TPSA) is 75.1 Å². The Balaban J connectivity index is 1.43. The third-order valence-corrected chi connectivity index (χ3v) is 6.36. The SMILES string of the molecule is COC(=O)c1c(NC(=S)Nc2ccc(N=Nc3ccccc3)cc2)sc2c1CCCC2. The minimum absolute atomic E-state index is 0.321. The molecule has 0 radical (unpaired) electrons. The van der Waals surface area contributed by atoms with E-state index in [9.17, 15) is 4.79 Å². The zero-order valence-corrected chi connectivity index (χ0v) is 18.7. The van der Waals surface area contributed by atoms with Gasteiger partial charge < -0.3 is 15.4 Å². The fourth-order valence-electron chi connectivity index (χ4n) is 3.46. The minimum Gasteiger partial charge on any atom is -0.465 e. The second kappa shape index (κ2) is 9.80. The summed E-state index contributed by atoms with van der Waals surface area (Å²) in [5.74, 6) is -0.321. The first kappa shape index (κ1) is 21.1. The van der Waals surface area contributed by atoms with Gasteiger partial charge in [0.2, 0.25) is 0 Å². The van der Waals surface area contributed by atoms with Crippen LogP contribution in [0.25, 0.3) is 0 Å². The van der Waals surface area contributed by atoms with Crippen molar-refractivity contribution in [2.24, 2.45) is 10.2 Å². The first-order valence-corrected chi connectivity index (χ1v) is 11.2. The summed E-state index contributed by atoms with van der Waals surface area (Å²) < 4.78 is 5.01. The lowest BCUT2D eigenvalue weighted by Gasteiger charge is -2.12. The zero-order chi connectivity index (χ0) is 21.6. The number of hydrogen-bond donors (Lipinski definition) is 2. The molecule has 6 nitrogen and oxygen atoms in total. The molecule has 3 aromatic rings. The van der Waals surface area contributed by atoms with Crippen LogP contribution in [-0.4, -0.2) is 18.2 Å². The molecule has 0 atom stereocenters. The maximum Gasteiger partial charge on any atom is 0.341 e. The summed E-state index contributed by atoms with van der Waals surface area (Å²) >= 11 is 7.06. The second-order valence-corrected chi connectivity index (χ2v) is 8.58. The predicted molar refractivity (Wildman–Crippen MR) is 129 cm³/mol. The van der Waals surface area contributed by atoms with Gasteiger partial charge in [-0.2, -0.15) is 10.2 Å². The number of aryl methyl sites for hydroxylation is 1. The van der Waals surface area contributed by atoms with Crippen LogP contribution in [0.4, 0.5) is 22.1 Å². The van der Waals surface area contributed by atoms with Gasteiger partial charge in [0.1, 0.15) is 5.00 Å². The number of ether oxygens (including phenoxy) is 1. The monoisotopic (exact) mass is 450 g/mol. The van der Waals surface area contributed by atoms with Crippen molar-refractivity contribution >= 4 is 56.7 Å². The van der Waals surface area contributed by atoms with Gasteiger partial charge in [0.25, 0.3) is 0 Å². The van der Waals surface area contributed by atoms with E-state index in [0.29, 0.717) is 10.7 Å². The quantitative estimate of drug-likeness (QED) is 0.259. The third kappa shape index (κ3) is 5.15. The summed E-state index contributed by atoms with van der Waals surface area (Å²) in [6, 6.07) is 17.1. The summed E-state index contributed by atoms with van der Waals surface area (Å²) in [7, 11) is 1.41. The van der Waals surface area contributed by atoms with Gasteiger partial charge in [0.05, 0.1) is 24.0 Å². The van der Waals surface area contributed by atoms with Gasteiger partial charge in [-0.05, 0) is 79.9 Å². The Morgan fingerprint density at radius 2 is 1.65 bits per heavy atom. The number of carbonyl (C=O) groups excluding carboxylic acids is 1. The summed E-state index contributed by atoms with van der Waals surface area (Å²) in [5.41, 5.74) is 4.07. The Morgan fingerprint density at radius 3 is 2.35 bits per heavy atom. The second-order valence-electron chi connectivity index (χ2n) is 7.07. The van der Waals surface area contributed by atoms with E-state index < -0.39 is 0 Å². The van der Waals surface area contributed by atoms with E-state index in [1.165, 1.54) is 12.0 Å². The molecule has 0 aliphatic heterocycles. The molecule has 4 rings (SSSR count). The van der Waals surface area contributed by atoms with Crippen molar-refractivity contribution in [3.63, 3.8) is 0 Å². The zero-order valence-electron chi connectivity index (χ0n) is 17.1. The van der Waals surface area contributed by atoms with Crippen LogP contribution in [0.15, 0.2) is 64.8 Å². The van der Waals surface area contributed by atoms with E-state index in [-0.39, 0.29) is 5.97 Å². The molecule has 158 valence electrons. The molecule has 0 fully saturated rings. The Bertz CT molecular complexity index is 1110. The Kier molecular flexibility index (Phi) is 6.69. The lowest BCUT2D eigenvalue weighted by atomic mass is 9.95. The van der Waals surface area contributed by atoms with E-state index in [0.717, 1.165) is 53.3 Å². The number of fused-ring (bicyclic) bond motifs is 1. The van der Waals surface area contributed by atoms with Crippen LogP contribution >= 0.6 is 23.6 Å². The normalized spacial score (nSPS) is 12.9. The van der Waals surface area contributed by atoms with Crippen LogP contribution in [0.1, 0.15) is 33.6 Å². The molecular formula is C23H22N4O2S2. The number of esters is 1. The Hall–Kier alpha value is -3.10. The molecule has 1 heterocycles. The molecule has 2 aromatic carbocycles. The van der Waals surface area contributed by atoms with E-state index in [1.807, 2.05) is 54.6 Å². The molecule has 31 heavy (non-hydrogen) atoms. The highest BCUT2D eigenvalue weighted by Crippen LogP contribution is 2.38. The maximum atomic E-state index is 12.4. The van der Waals surface area contributed by atoms with Gasteiger partial charge >= 0.3 is 5.97 Å². The highest BCUT2D eigenvalue weighted by molar-refractivity contribution is 7.80. The highest BCUT2D eigenvalue weighted by Gasteiger charge is 2.26. The van der Waals surface area contributed by atoms with Crippen molar-refractivity contribution in [1.82, 2.24) is 0 Å². The Labute approximate surface area is 190 Å². The van der Waals surface area contributed by atoms with Gasteiger partial charge in [-0.1, -0.05) is 18.2 Å². The molecule has 0 amide bonds. The van der Waals surface area contributed by atoms with Gasteiger partial charge in [0.15, 0.2) is 5.11 Å². The molecule has 2 N–H and O–H groups in total. The summed E-state index contributed by atoms with van der Waals surface area (Å²) in [4.78, 5) is 13.6. The standard InChI is InChI=1S/C23H22N4O2S2/c1-29-22(28)20-18-9-5-6-10-19(18)31-21(20)25-23(30)24-15-11-13-17(14-12-15)27-26-16-7-3-2-4-8-16/h2-4,7-8,11-14H,5-6,9-10H2,1H3,(H2,24,25,30). The van der Waals surface area contributed by atoms with Crippen LogP contribution in [0.5, 0.6) is 0 Å². The number of thiophene rings is 1. The predicted octanol–water partition coefficient (Wildman–Crippen LogP) is 6.64. The number of anilines is 2. The smallest absolute Gasteiger partial charge is 0.341 e. The van der Waals surface area contributed by atoms with Crippen molar-refractivity contribution in [1.29, 1.82) is 0 Å². The molecule has 1 aliphatic rings. The average Bonchev–Trinajstić information content (AvgIpc) is 3.16. The molecule has 0 unspecified atom stereocenters. The average molecular weight is 451 g/mol. The number of rotatable bonds is 5. The van der Waals surface area contributed by atoms with Crippen LogP contribution in [0.2, 0.25) is 0 Å². The van der Waals surface area contributed by atoms with Crippen LogP contribution in [0, 0.1) is 0 Å². The van der Waals surface area contributed by atoms with Crippen molar-refractivity contribution < 1.29 is 9.53 Å². The van der Waals surface area contributed by atoms with E-state index in [2.05, 4.69) is 20.9 Å². The molecule has 0 saturated heterocycles. The molecular weight excluding hydrogens is 428 g/mol. The van der Waals surface area contributed by atoms with Crippen molar-refractivity contribution in [2.75, 3.05) is 17.7 Å². The lowest BCUT2D eigenvalue weighted by molar-refractivity contribution is 0.0601. The minimum atomic E-state index is -0.321. The molecule has 0 spiro atoms. The molecule has 8 heteroatoms. The number of thiocarbonyl (C=S) groups is 1. The molecule has 1 aliphatic carbocycles. The van der Waals surface area contributed by atoms with Crippen LogP contribution < -0.4 is 10.6 Å². The number of hydrogen-bond acceptors (Lipinski definition) is 6. The van der Waals surface area contributed by atoms with Crippen LogP contribution in [-0.2, 0) is 17.6 Å². The molecule has 0 saturated carbocycles. The summed E-state index contributed by atoms with van der Waals surface area (Å²) in [6.07, 6.45) is 4.12. The van der Waals surface area contributed by atoms with E-state index in [1.54, 1.807) is 11.3 Å². The number of azo groups is 1. The van der Waals surface area contributed by atoms with Crippen molar-refractivity contribution in [3.05, 3.63) is 70.6 Å². The first-order chi connectivity index (χ1) is 15.1. The molecule has 0 bridgehead atoms. The Morgan fingerprint density at radius 1 is 0.968 bits per heavy atom. The number of nitrogens with one attached hydrogen (secondary N) is 2. The number of methoxy groups -OCH3 is 1. The summed E-state index contributed by atoms with van der Waals surface area (Å²) in [5, 5.41) is 16.0. The van der Waals surface area contributed by atoms with Crippen molar-refractivity contribution in [3.8, 4) is 0 Å². The van der Waals surface area contributed by atoms with Crippen molar-refractivity contribution in [2.45, 2.75) is 25.7 Å². The van der Waals surface area contributed by atoms with Gasteiger partial charge in [0, 0.05) is 10.6 Å². The largest absolute Gasteiger partial charge is 0.465 e. The van der Waals surface area contributed by atoms with Crippen LogP contribution in [0.3, 0.4) is 0 Å². The first-order valence-electron chi connectivity index (χ1n) is 10.0. The number of benzene rings is 2. The maximum absolute atomic E-state index is 12.4. The summed E-state index contributed by atoms with van der Waals surface area (Å²) in [6.45, 7) is 0. The highest BCUT2D eigenvalue weighted by atomic mass is 32.1. The van der Waals surface area contributed by atoms with E-state index >= 15 is 0 Å². The number of nitrogens with zero attached hydrogens (tertiary/aromatic N) is 2. The van der Waals surface area contributed by atoms with Gasteiger partial charge in [-0.15, -0.1) is 11.3 Å².